The summed E-state index contributed by atoms with van der Waals surface area (Å²) in [6, 6.07) is 8.38. The molecule has 0 spiro atoms. The van der Waals surface area contributed by atoms with Gasteiger partial charge in [-0.15, -0.1) is 0 Å². The Labute approximate surface area is 216 Å². The van der Waals surface area contributed by atoms with E-state index in [0.29, 0.717) is 35.4 Å². The molecule has 11 heteroatoms. The van der Waals surface area contributed by atoms with Crippen LogP contribution in [0.15, 0.2) is 49.1 Å². The lowest BCUT2D eigenvalue weighted by atomic mass is 10.1. The van der Waals surface area contributed by atoms with Crippen molar-refractivity contribution in [2.75, 3.05) is 7.11 Å². The van der Waals surface area contributed by atoms with Gasteiger partial charge in [-0.2, -0.15) is 18.3 Å². The molecule has 1 fully saturated rings. The van der Waals surface area contributed by atoms with Crippen LogP contribution >= 0.6 is 0 Å². The van der Waals surface area contributed by atoms with E-state index in [9.17, 15) is 13.2 Å². The molecule has 1 aliphatic rings. The maximum Gasteiger partial charge on any atom is 0.435 e. The Bertz CT molecular complexity index is 1650. The molecule has 1 aliphatic carbocycles. The molecule has 5 aromatic rings. The van der Waals surface area contributed by atoms with Crippen molar-refractivity contribution in [3.8, 4) is 23.0 Å². The summed E-state index contributed by atoms with van der Waals surface area (Å²) in [7, 11) is 3.52. The van der Waals surface area contributed by atoms with Crippen LogP contribution in [0, 0.1) is 6.92 Å². The van der Waals surface area contributed by atoms with E-state index in [0.717, 1.165) is 52.3 Å². The van der Waals surface area contributed by atoms with Gasteiger partial charge < -0.3 is 9.30 Å². The first-order valence-corrected chi connectivity index (χ1v) is 12.2. The van der Waals surface area contributed by atoms with Gasteiger partial charge in [-0.1, -0.05) is 12.1 Å². The molecule has 0 radical (unpaired) electrons. The molecule has 1 aromatic carbocycles. The van der Waals surface area contributed by atoms with Crippen molar-refractivity contribution < 1.29 is 17.9 Å². The smallest absolute Gasteiger partial charge is 0.435 e. The maximum atomic E-state index is 13.1. The Hall–Kier alpha value is -4.28. The highest BCUT2D eigenvalue weighted by molar-refractivity contribution is 5.82. The van der Waals surface area contributed by atoms with Crippen LogP contribution in [0.5, 0.6) is 5.88 Å². The zero-order valence-electron chi connectivity index (χ0n) is 21.0. The van der Waals surface area contributed by atoms with Gasteiger partial charge in [0.05, 0.1) is 35.7 Å². The predicted molar refractivity (Wildman–Crippen MR) is 134 cm³/mol. The van der Waals surface area contributed by atoms with Crippen molar-refractivity contribution in [1.82, 2.24) is 34.3 Å². The van der Waals surface area contributed by atoms with Crippen molar-refractivity contribution in [3.63, 3.8) is 0 Å². The van der Waals surface area contributed by atoms with E-state index in [4.69, 9.17) is 9.72 Å². The summed E-state index contributed by atoms with van der Waals surface area (Å²) in [4.78, 5) is 18.4. The minimum atomic E-state index is -4.49. The number of fused-ring (bicyclic) bond motifs is 1. The molecule has 6 rings (SSSR count). The number of methoxy groups -OCH3 is 1. The molecule has 0 aliphatic heterocycles. The van der Waals surface area contributed by atoms with Gasteiger partial charge in [-0.05, 0) is 43.5 Å². The third kappa shape index (κ3) is 4.27. The third-order valence-electron chi connectivity index (χ3n) is 6.78. The number of benzene rings is 1. The van der Waals surface area contributed by atoms with Gasteiger partial charge in [0.2, 0.25) is 5.88 Å². The quantitative estimate of drug-likeness (QED) is 0.298. The second kappa shape index (κ2) is 8.93. The highest BCUT2D eigenvalue weighted by Gasteiger charge is 2.34. The van der Waals surface area contributed by atoms with Crippen molar-refractivity contribution >= 4 is 11.0 Å². The molecule has 1 saturated carbocycles. The first kappa shape index (κ1) is 24.1. The Kier molecular flexibility index (Phi) is 5.66. The molecular formula is C27H24F3N7O. The van der Waals surface area contributed by atoms with E-state index in [2.05, 4.69) is 20.1 Å². The fraction of sp³-hybridized carbons (Fsp3) is 0.296. The number of halogens is 3. The Morgan fingerprint density at radius 2 is 1.84 bits per heavy atom. The van der Waals surface area contributed by atoms with Crippen LogP contribution in [0.4, 0.5) is 13.2 Å². The van der Waals surface area contributed by atoms with Gasteiger partial charge in [0.15, 0.2) is 11.5 Å². The lowest BCUT2D eigenvalue weighted by Crippen LogP contribution is -2.07. The number of aryl methyl sites for hydroxylation is 2. The molecule has 0 atom stereocenters. The summed E-state index contributed by atoms with van der Waals surface area (Å²) < 4.78 is 48.0. The van der Waals surface area contributed by atoms with E-state index < -0.39 is 11.9 Å². The summed E-state index contributed by atoms with van der Waals surface area (Å²) >= 11 is 0. The number of rotatable bonds is 6. The lowest BCUT2D eigenvalue weighted by molar-refractivity contribution is -0.141. The molecule has 0 amide bonds. The molecule has 0 N–H and O–H groups in total. The normalized spacial score (nSPS) is 13.8. The highest BCUT2D eigenvalue weighted by atomic mass is 19.4. The predicted octanol–water partition coefficient (Wildman–Crippen LogP) is 5.42. The summed E-state index contributed by atoms with van der Waals surface area (Å²) in [5.74, 6) is 1.34. The van der Waals surface area contributed by atoms with Crippen LogP contribution in [0.1, 0.15) is 47.0 Å². The summed E-state index contributed by atoms with van der Waals surface area (Å²) in [5.41, 5.74) is 5.39. The molecular weight excluding hydrogens is 495 g/mol. The molecule has 0 bridgehead atoms. The van der Waals surface area contributed by atoms with Gasteiger partial charge in [-0.25, -0.2) is 24.6 Å². The molecule has 8 nitrogen and oxygen atoms in total. The number of alkyl halides is 3. The number of hydrogen-bond donors (Lipinski definition) is 0. The monoisotopic (exact) mass is 519 g/mol. The first-order valence-electron chi connectivity index (χ1n) is 12.2. The first-order chi connectivity index (χ1) is 18.2. The molecule has 38 heavy (non-hydrogen) atoms. The van der Waals surface area contributed by atoms with Crippen LogP contribution in [0.3, 0.4) is 0 Å². The molecule has 4 aromatic heterocycles. The van der Waals surface area contributed by atoms with Crippen LogP contribution in [0.2, 0.25) is 0 Å². The van der Waals surface area contributed by atoms with Crippen molar-refractivity contribution in [2.24, 2.45) is 7.05 Å². The fourth-order valence-electron chi connectivity index (χ4n) is 4.75. The van der Waals surface area contributed by atoms with E-state index in [1.807, 2.05) is 29.9 Å². The second-order valence-electron chi connectivity index (χ2n) is 9.53. The largest absolute Gasteiger partial charge is 0.480 e. The van der Waals surface area contributed by atoms with E-state index in [1.54, 1.807) is 32.4 Å². The van der Waals surface area contributed by atoms with Gasteiger partial charge >= 0.3 is 6.18 Å². The van der Waals surface area contributed by atoms with Crippen molar-refractivity contribution in [2.45, 2.75) is 38.3 Å². The fourth-order valence-corrected chi connectivity index (χ4v) is 4.75. The topological polar surface area (TPSA) is 83.5 Å². The van der Waals surface area contributed by atoms with Crippen LogP contribution < -0.4 is 4.74 Å². The summed E-state index contributed by atoms with van der Waals surface area (Å²) in [6.45, 7) is 1.60. The van der Waals surface area contributed by atoms with Gasteiger partial charge in [-0.3, -0.25) is 0 Å². The third-order valence-corrected chi connectivity index (χ3v) is 6.78. The zero-order valence-corrected chi connectivity index (χ0v) is 21.0. The summed E-state index contributed by atoms with van der Waals surface area (Å²) in [6.07, 6.45) is 3.56. The highest BCUT2D eigenvalue weighted by Crippen LogP contribution is 2.45. The van der Waals surface area contributed by atoms with Crippen molar-refractivity contribution in [1.29, 1.82) is 0 Å². The van der Waals surface area contributed by atoms with E-state index in [-0.39, 0.29) is 0 Å². The molecule has 4 heterocycles. The van der Waals surface area contributed by atoms with Crippen LogP contribution in [0.25, 0.3) is 28.1 Å². The lowest BCUT2D eigenvalue weighted by Gasteiger charge is -2.11. The Morgan fingerprint density at radius 3 is 2.50 bits per heavy atom. The minimum absolute atomic E-state index is 0.362. The van der Waals surface area contributed by atoms with Crippen LogP contribution in [-0.2, 0) is 19.6 Å². The molecule has 194 valence electrons. The molecule has 0 unspecified atom stereocenters. The van der Waals surface area contributed by atoms with Crippen LogP contribution in [-0.4, -0.2) is 41.4 Å². The Balaban J connectivity index is 1.34. The number of nitrogens with zero attached hydrogens (tertiary/aromatic N) is 7. The average molecular weight is 520 g/mol. The maximum absolute atomic E-state index is 13.1. The zero-order chi connectivity index (χ0) is 26.6. The average Bonchev–Trinajstić information content (AvgIpc) is 3.61. The molecule has 0 saturated heterocycles. The van der Waals surface area contributed by atoms with Gasteiger partial charge in [0, 0.05) is 36.8 Å². The van der Waals surface area contributed by atoms with Gasteiger partial charge in [0.1, 0.15) is 11.9 Å². The number of aromatic nitrogens is 7. The summed E-state index contributed by atoms with van der Waals surface area (Å²) in [5, 5.41) is 3.74. The second-order valence-corrected chi connectivity index (χ2v) is 9.53. The number of hydrogen-bond acceptors (Lipinski definition) is 6. The standard InChI is InChI=1S/C27H24F3N7O/c1-15-10-21(27(28,29)30)35-37(15)19-8-4-16(5-9-19)11-18-13-36(2)20-12-31-25(34-23(18)20)22-24(17-6-7-17)32-14-33-26(22)38-3/h4-5,8-10,12-14,17H,6-7,11H2,1-3H3. The minimum Gasteiger partial charge on any atom is -0.480 e. The number of ether oxygens (including phenoxy) is 1. The van der Waals surface area contributed by atoms with E-state index in [1.165, 1.54) is 11.0 Å². The van der Waals surface area contributed by atoms with E-state index >= 15 is 0 Å². The Morgan fingerprint density at radius 1 is 1.08 bits per heavy atom. The van der Waals surface area contributed by atoms with Crippen molar-refractivity contribution in [3.05, 3.63) is 77.3 Å². The van der Waals surface area contributed by atoms with Gasteiger partial charge in [0.25, 0.3) is 0 Å². The SMILES string of the molecule is COc1ncnc(C2CC2)c1-c1ncc2c(n1)c(Cc1ccc(-n3nc(C(F)(F)F)cc3C)cc1)cn2C.